The van der Waals surface area contributed by atoms with Gasteiger partial charge in [0.2, 0.25) is 0 Å². The smallest absolute Gasteiger partial charge is 0.0641 e. The van der Waals surface area contributed by atoms with E-state index in [9.17, 15) is 0 Å². The van der Waals surface area contributed by atoms with Gasteiger partial charge in [-0.3, -0.25) is 0 Å². The Bertz CT molecular complexity index is 357. The summed E-state index contributed by atoms with van der Waals surface area (Å²) in [5, 5.41) is 3.19. The summed E-state index contributed by atoms with van der Waals surface area (Å²) in [6.45, 7) is 6.98. The van der Waals surface area contributed by atoms with Crippen molar-refractivity contribution in [3.63, 3.8) is 0 Å². The van der Waals surface area contributed by atoms with Crippen molar-refractivity contribution in [2.45, 2.75) is 19.9 Å². The van der Waals surface area contributed by atoms with E-state index in [1.165, 1.54) is 16.8 Å². The van der Waals surface area contributed by atoms with Crippen molar-refractivity contribution in [2.24, 2.45) is 0 Å². The maximum absolute atomic E-state index is 5.50. The molecule has 3 heteroatoms. The third kappa shape index (κ3) is 3.20. The van der Waals surface area contributed by atoms with E-state index in [0.717, 1.165) is 39.3 Å². The molecule has 1 heterocycles. The van der Waals surface area contributed by atoms with Gasteiger partial charge in [-0.15, -0.1) is 0 Å². The Morgan fingerprint density at radius 2 is 2.18 bits per heavy atom. The molecule has 0 unspecified atom stereocenters. The molecule has 0 bridgehead atoms. The normalized spacial score (nSPS) is 16.9. The molecule has 0 spiro atoms. The predicted octanol–water partition coefficient (Wildman–Crippen LogP) is 1.94. The molecular formula is C14H22N2O. The van der Waals surface area contributed by atoms with Gasteiger partial charge >= 0.3 is 0 Å². The summed E-state index contributed by atoms with van der Waals surface area (Å²) in [6, 6.07) is 6.73. The van der Waals surface area contributed by atoms with Gasteiger partial charge in [0, 0.05) is 31.9 Å². The molecule has 0 atom stereocenters. The molecule has 0 aliphatic carbocycles. The first-order chi connectivity index (χ1) is 8.31. The lowest BCUT2D eigenvalue weighted by molar-refractivity contribution is 0.152. The molecule has 1 aliphatic heterocycles. The van der Waals surface area contributed by atoms with Gasteiger partial charge in [-0.1, -0.05) is 12.1 Å². The van der Waals surface area contributed by atoms with Gasteiger partial charge in [0.05, 0.1) is 6.61 Å². The third-order valence-electron chi connectivity index (χ3n) is 3.21. The van der Waals surface area contributed by atoms with Crippen molar-refractivity contribution in [3.8, 4) is 0 Å². The Labute approximate surface area is 104 Å². The van der Waals surface area contributed by atoms with Gasteiger partial charge in [0.1, 0.15) is 0 Å². The number of nitrogens with zero attached hydrogens (tertiary/aromatic N) is 1. The summed E-state index contributed by atoms with van der Waals surface area (Å²) < 4.78 is 5.50. The SMILES string of the molecule is CNCc1ccc(N2CCCOCC2)c(C)c1. The minimum atomic E-state index is 0.845. The van der Waals surface area contributed by atoms with Crippen LogP contribution in [0.1, 0.15) is 17.5 Å². The lowest BCUT2D eigenvalue weighted by Gasteiger charge is -2.24. The molecule has 1 aliphatic rings. The Hall–Kier alpha value is -1.06. The summed E-state index contributed by atoms with van der Waals surface area (Å²) in [6.07, 6.45) is 1.12. The molecule has 94 valence electrons. The van der Waals surface area contributed by atoms with Gasteiger partial charge in [-0.2, -0.15) is 0 Å². The van der Waals surface area contributed by atoms with E-state index >= 15 is 0 Å². The van der Waals surface area contributed by atoms with E-state index in [4.69, 9.17) is 4.74 Å². The zero-order chi connectivity index (χ0) is 12.1. The minimum absolute atomic E-state index is 0.845. The topological polar surface area (TPSA) is 24.5 Å². The molecular weight excluding hydrogens is 212 g/mol. The van der Waals surface area contributed by atoms with Crippen LogP contribution in [0.2, 0.25) is 0 Å². The van der Waals surface area contributed by atoms with Crippen LogP contribution in [0.3, 0.4) is 0 Å². The van der Waals surface area contributed by atoms with Crippen LogP contribution in [-0.4, -0.2) is 33.4 Å². The summed E-state index contributed by atoms with van der Waals surface area (Å²) in [5.74, 6) is 0. The van der Waals surface area contributed by atoms with Gasteiger partial charge < -0.3 is 15.0 Å². The van der Waals surface area contributed by atoms with E-state index in [-0.39, 0.29) is 0 Å². The molecule has 0 aromatic heterocycles. The van der Waals surface area contributed by atoms with E-state index < -0.39 is 0 Å². The standard InChI is InChI=1S/C14H22N2O/c1-12-10-13(11-15-2)4-5-14(12)16-6-3-8-17-9-7-16/h4-5,10,15H,3,6-9,11H2,1-2H3. The fourth-order valence-corrected chi connectivity index (χ4v) is 2.37. The fraction of sp³-hybridized carbons (Fsp3) is 0.571. The van der Waals surface area contributed by atoms with Crippen LogP contribution in [0.15, 0.2) is 18.2 Å². The molecule has 2 rings (SSSR count). The highest BCUT2D eigenvalue weighted by Crippen LogP contribution is 2.22. The van der Waals surface area contributed by atoms with Gasteiger partial charge in [-0.05, 0) is 37.6 Å². The first kappa shape index (κ1) is 12.4. The molecule has 1 saturated heterocycles. The molecule has 1 N–H and O–H groups in total. The zero-order valence-electron chi connectivity index (χ0n) is 10.8. The van der Waals surface area contributed by atoms with Crippen molar-refractivity contribution in [1.82, 2.24) is 5.32 Å². The molecule has 0 saturated carbocycles. The summed E-state index contributed by atoms with van der Waals surface area (Å²) in [7, 11) is 1.98. The van der Waals surface area contributed by atoms with E-state index in [0.29, 0.717) is 0 Å². The molecule has 0 radical (unpaired) electrons. The Kier molecular flexibility index (Phi) is 4.40. The summed E-state index contributed by atoms with van der Waals surface area (Å²) in [5.41, 5.74) is 4.06. The third-order valence-corrected chi connectivity index (χ3v) is 3.21. The second kappa shape index (κ2) is 6.03. The van der Waals surface area contributed by atoms with Crippen LogP contribution in [0, 0.1) is 6.92 Å². The average Bonchev–Trinajstić information content (AvgIpc) is 2.58. The number of nitrogens with one attached hydrogen (secondary N) is 1. The van der Waals surface area contributed by atoms with Gasteiger partial charge in [0.15, 0.2) is 0 Å². The van der Waals surface area contributed by atoms with Crippen molar-refractivity contribution in [3.05, 3.63) is 29.3 Å². The Morgan fingerprint density at radius 1 is 1.29 bits per heavy atom. The number of aryl methyl sites for hydroxylation is 1. The highest BCUT2D eigenvalue weighted by Gasteiger charge is 2.12. The highest BCUT2D eigenvalue weighted by molar-refractivity contribution is 5.54. The maximum atomic E-state index is 5.50. The number of rotatable bonds is 3. The predicted molar refractivity (Wildman–Crippen MR) is 71.6 cm³/mol. The monoisotopic (exact) mass is 234 g/mol. The van der Waals surface area contributed by atoms with Crippen LogP contribution in [0.5, 0.6) is 0 Å². The largest absolute Gasteiger partial charge is 0.380 e. The molecule has 0 amide bonds. The van der Waals surface area contributed by atoms with Gasteiger partial charge in [-0.25, -0.2) is 0 Å². The number of anilines is 1. The Balaban J connectivity index is 2.14. The number of hydrogen-bond donors (Lipinski definition) is 1. The zero-order valence-corrected chi connectivity index (χ0v) is 10.8. The van der Waals surface area contributed by atoms with Crippen LogP contribution >= 0.6 is 0 Å². The molecule has 17 heavy (non-hydrogen) atoms. The van der Waals surface area contributed by atoms with E-state index in [2.05, 4.69) is 35.3 Å². The second-order valence-corrected chi connectivity index (χ2v) is 4.60. The van der Waals surface area contributed by atoms with Gasteiger partial charge in [0.25, 0.3) is 0 Å². The lowest BCUT2D eigenvalue weighted by atomic mass is 10.1. The first-order valence-corrected chi connectivity index (χ1v) is 6.38. The van der Waals surface area contributed by atoms with E-state index in [1.807, 2.05) is 7.05 Å². The number of ether oxygens (including phenoxy) is 1. The molecule has 1 aromatic rings. The van der Waals surface area contributed by atoms with Crippen LogP contribution in [0.4, 0.5) is 5.69 Å². The average molecular weight is 234 g/mol. The molecule has 1 fully saturated rings. The summed E-state index contributed by atoms with van der Waals surface area (Å²) >= 11 is 0. The van der Waals surface area contributed by atoms with Crippen molar-refractivity contribution in [2.75, 3.05) is 38.3 Å². The number of benzene rings is 1. The fourth-order valence-electron chi connectivity index (χ4n) is 2.37. The van der Waals surface area contributed by atoms with Crippen LogP contribution in [-0.2, 0) is 11.3 Å². The maximum Gasteiger partial charge on any atom is 0.0641 e. The molecule has 1 aromatic carbocycles. The number of hydrogen-bond acceptors (Lipinski definition) is 3. The molecule has 3 nitrogen and oxygen atoms in total. The summed E-state index contributed by atoms with van der Waals surface area (Å²) in [4.78, 5) is 2.44. The van der Waals surface area contributed by atoms with Crippen LogP contribution in [0.25, 0.3) is 0 Å². The highest BCUT2D eigenvalue weighted by atomic mass is 16.5. The van der Waals surface area contributed by atoms with Crippen molar-refractivity contribution >= 4 is 5.69 Å². The minimum Gasteiger partial charge on any atom is -0.380 e. The van der Waals surface area contributed by atoms with Crippen LogP contribution < -0.4 is 10.2 Å². The lowest BCUT2D eigenvalue weighted by Crippen LogP contribution is -2.26. The second-order valence-electron chi connectivity index (χ2n) is 4.60. The van der Waals surface area contributed by atoms with E-state index in [1.54, 1.807) is 0 Å². The first-order valence-electron chi connectivity index (χ1n) is 6.38. The van der Waals surface area contributed by atoms with Crippen molar-refractivity contribution in [1.29, 1.82) is 0 Å². The Morgan fingerprint density at radius 3 is 2.94 bits per heavy atom. The quantitative estimate of drug-likeness (QED) is 0.865. The van der Waals surface area contributed by atoms with Crippen molar-refractivity contribution < 1.29 is 4.74 Å².